The molecule has 1 aliphatic rings. The minimum atomic E-state index is 0.209. The van der Waals surface area contributed by atoms with Gasteiger partial charge in [-0.2, -0.15) is 11.8 Å². The number of guanidine groups is 1. The van der Waals surface area contributed by atoms with E-state index in [1.165, 1.54) is 24.2 Å². The van der Waals surface area contributed by atoms with Crippen molar-refractivity contribution in [1.29, 1.82) is 0 Å². The first-order chi connectivity index (χ1) is 11.7. The van der Waals surface area contributed by atoms with Crippen molar-refractivity contribution < 1.29 is 4.74 Å². The molecule has 1 fully saturated rings. The Bertz CT molecular complexity index is 530. The van der Waals surface area contributed by atoms with Gasteiger partial charge < -0.3 is 20.3 Å². The number of para-hydroxylation sites is 1. The van der Waals surface area contributed by atoms with Crippen LogP contribution in [0.5, 0.6) is 5.75 Å². The van der Waals surface area contributed by atoms with E-state index in [-0.39, 0.29) is 6.04 Å². The molecule has 2 atom stereocenters. The molecular formula is C18H30N4OS. The Labute approximate surface area is 150 Å². The summed E-state index contributed by atoms with van der Waals surface area (Å²) in [6.07, 6.45) is 2.63. The van der Waals surface area contributed by atoms with Gasteiger partial charge in [0.25, 0.3) is 0 Å². The molecule has 2 rings (SSSR count). The van der Waals surface area contributed by atoms with Gasteiger partial charge in [-0.05, 0) is 38.8 Å². The Morgan fingerprint density at radius 3 is 2.79 bits per heavy atom. The van der Waals surface area contributed by atoms with E-state index < -0.39 is 0 Å². The fraction of sp³-hybridized carbons (Fsp3) is 0.611. The van der Waals surface area contributed by atoms with Crippen molar-refractivity contribution in [2.75, 3.05) is 47.1 Å². The molecule has 1 saturated heterocycles. The third-order valence-electron chi connectivity index (χ3n) is 4.33. The molecule has 24 heavy (non-hydrogen) atoms. The van der Waals surface area contributed by atoms with Crippen LogP contribution in [-0.4, -0.2) is 63.2 Å². The SMILES string of the molecule is CN=C(NCC1CCCS1)NCC(c1ccccc1OC)N(C)C. The summed E-state index contributed by atoms with van der Waals surface area (Å²) < 4.78 is 5.52. The summed E-state index contributed by atoms with van der Waals surface area (Å²) in [4.78, 5) is 6.55. The van der Waals surface area contributed by atoms with Crippen molar-refractivity contribution in [1.82, 2.24) is 15.5 Å². The zero-order chi connectivity index (χ0) is 17.4. The second-order valence-corrected chi connectivity index (χ2v) is 7.60. The van der Waals surface area contributed by atoms with Crippen molar-refractivity contribution in [3.63, 3.8) is 0 Å². The van der Waals surface area contributed by atoms with E-state index in [0.717, 1.165) is 24.8 Å². The van der Waals surface area contributed by atoms with Crippen LogP contribution in [-0.2, 0) is 0 Å². The normalized spacial score (nSPS) is 19.4. The summed E-state index contributed by atoms with van der Waals surface area (Å²) in [7, 11) is 7.72. The van der Waals surface area contributed by atoms with E-state index in [2.05, 4.69) is 58.5 Å². The number of benzene rings is 1. The molecule has 1 aromatic carbocycles. The lowest BCUT2D eigenvalue weighted by Gasteiger charge is -2.27. The quantitative estimate of drug-likeness (QED) is 0.584. The third-order valence-corrected chi connectivity index (χ3v) is 5.73. The van der Waals surface area contributed by atoms with Gasteiger partial charge in [-0.25, -0.2) is 0 Å². The number of thioether (sulfide) groups is 1. The molecular weight excluding hydrogens is 320 g/mol. The summed E-state index contributed by atoms with van der Waals surface area (Å²) in [5.41, 5.74) is 1.18. The molecule has 1 aromatic rings. The molecule has 0 aromatic heterocycles. The van der Waals surface area contributed by atoms with Crippen molar-refractivity contribution in [2.24, 2.45) is 4.99 Å². The van der Waals surface area contributed by atoms with E-state index >= 15 is 0 Å². The van der Waals surface area contributed by atoms with Gasteiger partial charge in [0.05, 0.1) is 13.2 Å². The lowest BCUT2D eigenvalue weighted by atomic mass is 10.0. The van der Waals surface area contributed by atoms with Crippen LogP contribution in [0.15, 0.2) is 29.3 Å². The van der Waals surface area contributed by atoms with Gasteiger partial charge >= 0.3 is 0 Å². The van der Waals surface area contributed by atoms with Crippen molar-refractivity contribution in [2.45, 2.75) is 24.1 Å². The highest BCUT2D eigenvalue weighted by Gasteiger charge is 2.19. The minimum Gasteiger partial charge on any atom is -0.496 e. The number of hydrogen-bond donors (Lipinski definition) is 2. The van der Waals surface area contributed by atoms with E-state index in [0.29, 0.717) is 5.25 Å². The maximum absolute atomic E-state index is 5.52. The van der Waals surface area contributed by atoms with Crippen LogP contribution in [0.2, 0.25) is 0 Å². The molecule has 0 radical (unpaired) electrons. The second-order valence-electron chi connectivity index (χ2n) is 6.19. The Hall–Kier alpha value is -1.40. The molecule has 0 saturated carbocycles. The van der Waals surface area contributed by atoms with Crippen molar-refractivity contribution in [3.8, 4) is 5.75 Å². The Morgan fingerprint density at radius 1 is 1.38 bits per heavy atom. The van der Waals surface area contributed by atoms with Crippen molar-refractivity contribution in [3.05, 3.63) is 29.8 Å². The molecule has 0 bridgehead atoms. The lowest BCUT2D eigenvalue weighted by molar-refractivity contribution is 0.287. The highest BCUT2D eigenvalue weighted by molar-refractivity contribution is 8.00. The summed E-state index contributed by atoms with van der Waals surface area (Å²) in [6.45, 7) is 1.75. The molecule has 1 heterocycles. The first kappa shape index (κ1) is 18.9. The predicted octanol–water partition coefficient (Wildman–Crippen LogP) is 2.36. The number of likely N-dealkylation sites (N-methyl/N-ethyl adjacent to an activating group) is 1. The summed E-state index contributed by atoms with van der Waals surface area (Å²) in [6, 6.07) is 8.40. The molecule has 0 spiro atoms. The van der Waals surface area contributed by atoms with Gasteiger partial charge in [-0.1, -0.05) is 18.2 Å². The number of aliphatic imine (C=N–C) groups is 1. The molecule has 1 aliphatic heterocycles. The monoisotopic (exact) mass is 350 g/mol. The smallest absolute Gasteiger partial charge is 0.191 e. The largest absolute Gasteiger partial charge is 0.496 e. The molecule has 0 aliphatic carbocycles. The van der Waals surface area contributed by atoms with E-state index in [9.17, 15) is 0 Å². The summed E-state index contributed by atoms with van der Waals surface area (Å²) in [5, 5.41) is 7.62. The Kier molecular flexibility index (Phi) is 7.72. The molecule has 2 N–H and O–H groups in total. The van der Waals surface area contributed by atoms with Crippen LogP contribution in [0.1, 0.15) is 24.4 Å². The highest BCUT2D eigenvalue weighted by atomic mass is 32.2. The highest BCUT2D eigenvalue weighted by Crippen LogP contribution is 2.27. The van der Waals surface area contributed by atoms with Gasteiger partial charge in [-0.3, -0.25) is 4.99 Å². The van der Waals surface area contributed by atoms with E-state index in [1.807, 2.05) is 19.2 Å². The molecule has 134 valence electrons. The number of nitrogens with zero attached hydrogens (tertiary/aromatic N) is 2. The number of methoxy groups -OCH3 is 1. The standard InChI is InChI=1S/C18H30N4OS/c1-19-18(20-12-14-8-7-11-24-14)21-13-16(22(2)3)15-9-5-6-10-17(15)23-4/h5-6,9-10,14,16H,7-8,11-13H2,1-4H3,(H2,19,20,21). The fourth-order valence-corrected chi connectivity index (χ4v) is 4.14. The Balaban J connectivity index is 1.94. The van der Waals surface area contributed by atoms with Crippen LogP contribution in [0.3, 0.4) is 0 Å². The molecule has 6 heteroatoms. The number of ether oxygens (including phenoxy) is 1. The average Bonchev–Trinajstić information content (AvgIpc) is 3.11. The lowest BCUT2D eigenvalue weighted by Crippen LogP contribution is -2.43. The van der Waals surface area contributed by atoms with Crippen LogP contribution >= 0.6 is 11.8 Å². The van der Waals surface area contributed by atoms with Gasteiger partial charge in [0.2, 0.25) is 0 Å². The van der Waals surface area contributed by atoms with Gasteiger partial charge in [-0.15, -0.1) is 0 Å². The number of hydrogen-bond acceptors (Lipinski definition) is 4. The molecule has 5 nitrogen and oxygen atoms in total. The first-order valence-corrected chi connectivity index (χ1v) is 9.56. The van der Waals surface area contributed by atoms with Gasteiger partial charge in [0.1, 0.15) is 5.75 Å². The minimum absolute atomic E-state index is 0.209. The van der Waals surface area contributed by atoms with Crippen molar-refractivity contribution >= 4 is 17.7 Å². The number of nitrogens with one attached hydrogen (secondary N) is 2. The van der Waals surface area contributed by atoms with E-state index in [1.54, 1.807) is 7.11 Å². The summed E-state index contributed by atoms with van der Waals surface area (Å²) in [5.74, 6) is 3.07. The first-order valence-electron chi connectivity index (χ1n) is 8.51. The molecule has 0 amide bonds. The second kappa shape index (κ2) is 9.79. The zero-order valence-corrected chi connectivity index (χ0v) is 16.0. The van der Waals surface area contributed by atoms with E-state index in [4.69, 9.17) is 4.74 Å². The zero-order valence-electron chi connectivity index (χ0n) is 15.2. The van der Waals surface area contributed by atoms with Crippen LogP contribution in [0.4, 0.5) is 0 Å². The average molecular weight is 351 g/mol. The maximum atomic E-state index is 5.52. The topological polar surface area (TPSA) is 48.9 Å². The summed E-state index contributed by atoms with van der Waals surface area (Å²) >= 11 is 2.06. The predicted molar refractivity (Wildman–Crippen MR) is 104 cm³/mol. The van der Waals surface area contributed by atoms with Crippen LogP contribution in [0, 0.1) is 0 Å². The Morgan fingerprint density at radius 2 is 2.17 bits per heavy atom. The molecule has 2 unspecified atom stereocenters. The van der Waals surface area contributed by atoms with Gasteiger partial charge in [0.15, 0.2) is 5.96 Å². The van der Waals surface area contributed by atoms with Crippen LogP contribution in [0.25, 0.3) is 0 Å². The van der Waals surface area contributed by atoms with Gasteiger partial charge in [0, 0.05) is 31.0 Å². The third kappa shape index (κ3) is 5.31. The van der Waals surface area contributed by atoms with Crippen LogP contribution < -0.4 is 15.4 Å². The number of rotatable bonds is 7. The maximum Gasteiger partial charge on any atom is 0.191 e. The fourth-order valence-electron chi connectivity index (χ4n) is 2.94.